The number of carboxylic acid groups (broad SMARTS) is 1. The molecule has 0 amide bonds. The summed E-state index contributed by atoms with van der Waals surface area (Å²) in [4.78, 5) is 20.5. The smallest absolute Gasteiger partial charge is 0.335 e. The minimum absolute atomic E-state index is 0.0763. The standard InChI is InChI=1S/C21H24FN3O3/c1-24-9-11-25(12-10-24)18-7-5-15(6-8-18)19(22)14-20(28-23)16-3-2-4-17(13-16)21(26)27/h2-8,13-14,19H,9-12,23H2,1H3,(H,26,27). The molecule has 0 aromatic heterocycles. The minimum atomic E-state index is -1.44. The lowest BCUT2D eigenvalue weighted by Gasteiger charge is -2.34. The van der Waals surface area contributed by atoms with E-state index in [1.54, 1.807) is 24.3 Å². The largest absolute Gasteiger partial charge is 0.478 e. The van der Waals surface area contributed by atoms with Crippen molar-refractivity contribution < 1.29 is 19.1 Å². The summed E-state index contributed by atoms with van der Waals surface area (Å²) >= 11 is 0. The van der Waals surface area contributed by atoms with Crippen molar-refractivity contribution in [1.82, 2.24) is 4.90 Å². The number of likely N-dealkylation sites (N-methyl/N-ethyl adjacent to an activating group) is 1. The Morgan fingerprint density at radius 3 is 2.39 bits per heavy atom. The topological polar surface area (TPSA) is 79.0 Å². The Balaban J connectivity index is 1.75. The van der Waals surface area contributed by atoms with E-state index in [0.717, 1.165) is 31.9 Å². The zero-order chi connectivity index (χ0) is 20.1. The molecular weight excluding hydrogens is 361 g/mol. The third-order valence-electron chi connectivity index (χ3n) is 4.90. The van der Waals surface area contributed by atoms with Crippen molar-refractivity contribution >= 4 is 17.4 Å². The normalized spacial score (nSPS) is 16.7. The van der Waals surface area contributed by atoms with Crippen LogP contribution in [-0.2, 0) is 4.84 Å². The van der Waals surface area contributed by atoms with Crippen LogP contribution in [0.3, 0.4) is 0 Å². The lowest BCUT2D eigenvalue weighted by Crippen LogP contribution is -2.44. The van der Waals surface area contributed by atoms with Gasteiger partial charge in [0, 0.05) is 37.4 Å². The molecule has 1 aliphatic heterocycles. The number of piperazine rings is 1. The summed E-state index contributed by atoms with van der Waals surface area (Å²) in [6.07, 6.45) is -0.195. The summed E-state index contributed by atoms with van der Waals surface area (Å²) in [5.74, 6) is 4.30. The fourth-order valence-corrected chi connectivity index (χ4v) is 3.17. The van der Waals surface area contributed by atoms with E-state index in [-0.39, 0.29) is 11.3 Å². The molecule has 0 aliphatic carbocycles. The number of benzene rings is 2. The van der Waals surface area contributed by atoms with Gasteiger partial charge in [0.1, 0.15) is 6.17 Å². The Kier molecular flexibility index (Phi) is 6.28. The van der Waals surface area contributed by atoms with E-state index in [9.17, 15) is 9.18 Å². The number of hydrogen-bond acceptors (Lipinski definition) is 5. The van der Waals surface area contributed by atoms with Crippen molar-refractivity contribution in [1.29, 1.82) is 0 Å². The number of allylic oxidation sites excluding steroid dienone is 1. The van der Waals surface area contributed by atoms with Crippen LogP contribution in [0.1, 0.15) is 27.7 Å². The number of carboxylic acids is 1. The van der Waals surface area contributed by atoms with Crippen molar-refractivity contribution in [2.75, 3.05) is 38.1 Å². The van der Waals surface area contributed by atoms with Gasteiger partial charge in [-0.05, 0) is 43.0 Å². The van der Waals surface area contributed by atoms with Crippen LogP contribution < -0.4 is 10.8 Å². The summed E-state index contributed by atoms with van der Waals surface area (Å²) in [5.41, 5.74) is 2.02. The highest BCUT2D eigenvalue weighted by molar-refractivity contribution is 5.88. The maximum atomic E-state index is 14.8. The zero-order valence-corrected chi connectivity index (χ0v) is 15.7. The van der Waals surface area contributed by atoms with Crippen molar-refractivity contribution in [2.24, 2.45) is 5.90 Å². The molecule has 2 aromatic carbocycles. The van der Waals surface area contributed by atoms with E-state index in [1.807, 2.05) is 12.1 Å². The molecule has 3 N–H and O–H groups in total. The van der Waals surface area contributed by atoms with Gasteiger partial charge in [0.05, 0.1) is 5.56 Å². The molecule has 0 spiro atoms. The average molecular weight is 385 g/mol. The van der Waals surface area contributed by atoms with Crippen LogP contribution in [0.2, 0.25) is 0 Å². The Morgan fingerprint density at radius 2 is 1.79 bits per heavy atom. The molecule has 1 aliphatic rings. The summed E-state index contributed by atoms with van der Waals surface area (Å²) in [7, 11) is 2.10. The van der Waals surface area contributed by atoms with Crippen molar-refractivity contribution in [3.63, 3.8) is 0 Å². The molecule has 6 nitrogen and oxygen atoms in total. The third kappa shape index (κ3) is 4.68. The predicted molar refractivity (Wildman–Crippen MR) is 107 cm³/mol. The molecule has 1 heterocycles. The first-order chi connectivity index (χ1) is 13.5. The van der Waals surface area contributed by atoms with E-state index in [4.69, 9.17) is 15.8 Å². The summed E-state index contributed by atoms with van der Waals surface area (Å²) in [6.45, 7) is 3.89. The molecule has 1 unspecified atom stereocenters. The van der Waals surface area contributed by atoms with Crippen LogP contribution >= 0.6 is 0 Å². The van der Waals surface area contributed by atoms with Gasteiger partial charge in [-0.2, -0.15) is 5.90 Å². The van der Waals surface area contributed by atoms with Gasteiger partial charge in [0.25, 0.3) is 0 Å². The number of anilines is 1. The predicted octanol–water partition coefficient (Wildman–Crippen LogP) is 3.08. The number of rotatable bonds is 6. The number of alkyl halides is 1. The van der Waals surface area contributed by atoms with Gasteiger partial charge >= 0.3 is 5.97 Å². The number of aromatic carboxylic acids is 1. The zero-order valence-electron chi connectivity index (χ0n) is 15.7. The Hall–Kier alpha value is -2.90. The van der Waals surface area contributed by atoms with Crippen LogP contribution in [0.4, 0.5) is 10.1 Å². The SMILES string of the molecule is CN1CCN(c2ccc(C(F)C=C(ON)c3cccc(C(=O)O)c3)cc2)CC1. The van der Waals surface area contributed by atoms with Gasteiger partial charge in [0.2, 0.25) is 0 Å². The highest BCUT2D eigenvalue weighted by atomic mass is 19.1. The van der Waals surface area contributed by atoms with Crippen molar-refractivity contribution in [3.8, 4) is 0 Å². The molecule has 1 saturated heterocycles. The molecule has 148 valence electrons. The fourth-order valence-electron chi connectivity index (χ4n) is 3.17. The molecule has 0 saturated carbocycles. The first-order valence-corrected chi connectivity index (χ1v) is 9.07. The van der Waals surface area contributed by atoms with Crippen molar-refractivity contribution in [3.05, 3.63) is 71.3 Å². The van der Waals surface area contributed by atoms with Gasteiger partial charge in [-0.15, -0.1) is 0 Å². The van der Waals surface area contributed by atoms with Crippen LogP contribution in [0.15, 0.2) is 54.6 Å². The molecule has 3 rings (SSSR count). The van der Waals surface area contributed by atoms with E-state index < -0.39 is 12.1 Å². The molecular formula is C21H24FN3O3. The highest BCUT2D eigenvalue weighted by Crippen LogP contribution is 2.27. The Morgan fingerprint density at radius 1 is 1.14 bits per heavy atom. The number of nitrogens with two attached hydrogens (primary N) is 1. The molecule has 7 heteroatoms. The van der Waals surface area contributed by atoms with Gasteiger partial charge < -0.3 is 19.7 Å². The summed E-state index contributed by atoms with van der Waals surface area (Å²) < 4.78 is 14.8. The number of carbonyl (C=O) groups is 1. The molecule has 1 fully saturated rings. The average Bonchev–Trinajstić information content (AvgIpc) is 2.72. The van der Waals surface area contributed by atoms with Crippen LogP contribution in [-0.4, -0.2) is 49.2 Å². The van der Waals surface area contributed by atoms with E-state index >= 15 is 0 Å². The van der Waals surface area contributed by atoms with Crippen molar-refractivity contribution in [2.45, 2.75) is 6.17 Å². The summed E-state index contributed by atoms with van der Waals surface area (Å²) in [6, 6.07) is 13.3. The summed E-state index contributed by atoms with van der Waals surface area (Å²) in [5, 5.41) is 9.10. The number of hydrogen-bond donors (Lipinski definition) is 2. The van der Waals surface area contributed by atoms with Gasteiger partial charge in [0.15, 0.2) is 5.76 Å². The second-order valence-corrected chi connectivity index (χ2v) is 6.82. The highest BCUT2D eigenvalue weighted by Gasteiger charge is 2.16. The number of halogens is 1. The van der Waals surface area contributed by atoms with E-state index in [0.29, 0.717) is 11.1 Å². The van der Waals surface area contributed by atoms with Crippen LogP contribution in [0.25, 0.3) is 5.76 Å². The maximum absolute atomic E-state index is 14.8. The maximum Gasteiger partial charge on any atom is 0.335 e. The molecule has 0 bridgehead atoms. The second kappa shape index (κ2) is 8.86. The minimum Gasteiger partial charge on any atom is -0.478 e. The Bertz CT molecular complexity index is 846. The van der Waals surface area contributed by atoms with Crippen LogP contribution in [0, 0.1) is 0 Å². The van der Waals surface area contributed by atoms with Gasteiger partial charge in [-0.25, -0.2) is 9.18 Å². The molecule has 0 radical (unpaired) electrons. The monoisotopic (exact) mass is 385 g/mol. The molecule has 28 heavy (non-hydrogen) atoms. The van der Waals surface area contributed by atoms with E-state index in [2.05, 4.69) is 16.8 Å². The molecule has 2 aromatic rings. The van der Waals surface area contributed by atoms with Crippen LogP contribution in [0.5, 0.6) is 0 Å². The quantitative estimate of drug-likeness (QED) is 0.588. The third-order valence-corrected chi connectivity index (χ3v) is 4.90. The first kappa shape index (κ1) is 19.9. The lowest BCUT2D eigenvalue weighted by molar-refractivity contribution is 0.0697. The fraction of sp³-hybridized carbons (Fsp3) is 0.286. The number of nitrogens with zero attached hydrogens (tertiary/aromatic N) is 2. The Labute approximate surface area is 163 Å². The molecule has 1 atom stereocenters. The van der Waals surface area contributed by atoms with Gasteiger partial charge in [-0.1, -0.05) is 24.3 Å². The van der Waals surface area contributed by atoms with Gasteiger partial charge in [-0.3, -0.25) is 0 Å². The van der Waals surface area contributed by atoms with E-state index in [1.165, 1.54) is 18.2 Å². The lowest BCUT2D eigenvalue weighted by atomic mass is 10.0. The second-order valence-electron chi connectivity index (χ2n) is 6.82. The first-order valence-electron chi connectivity index (χ1n) is 9.07.